The number of benzene rings is 1. The second kappa shape index (κ2) is 8.09. The van der Waals surface area contributed by atoms with Crippen molar-refractivity contribution in [1.29, 1.82) is 0 Å². The van der Waals surface area contributed by atoms with Gasteiger partial charge in [0, 0.05) is 30.3 Å². The molecule has 0 saturated carbocycles. The molecular formula is C24H30N4O2. The Labute approximate surface area is 177 Å². The van der Waals surface area contributed by atoms with Gasteiger partial charge in [-0.05, 0) is 58.1 Å². The lowest BCUT2D eigenvalue weighted by molar-refractivity contribution is -0.120. The van der Waals surface area contributed by atoms with Gasteiger partial charge in [-0.25, -0.2) is 4.98 Å². The van der Waals surface area contributed by atoms with Gasteiger partial charge in [-0.2, -0.15) is 4.98 Å². The molecule has 0 atom stereocenters. The van der Waals surface area contributed by atoms with Crippen LogP contribution in [0.15, 0.2) is 22.6 Å². The summed E-state index contributed by atoms with van der Waals surface area (Å²) >= 11 is 0. The number of rotatable bonds is 4. The molecule has 0 radical (unpaired) electrons. The number of amides is 1. The molecule has 1 aromatic carbocycles. The van der Waals surface area contributed by atoms with Gasteiger partial charge in [-0.1, -0.05) is 25.1 Å². The molecule has 0 spiro atoms. The van der Waals surface area contributed by atoms with Gasteiger partial charge in [0.15, 0.2) is 0 Å². The van der Waals surface area contributed by atoms with E-state index < -0.39 is 0 Å². The molecule has 1 aliphatic heterocycles. The first-order valence-corrected chi connectivity index (χ1v) is 10.8. The second-order valence-electron chi connectivity index (χ2n) is 8.27. The number of carbonyl (C=O) groups is 1. The van der Waals surface area contributed by atoms with E-state index in [1.54, 1.807) is 0 Å². The Hall–Kier alpha value is -2.89. The fourth-order valence-electron chi connectivity index (χ4n) is 4.34. The van der Waals surface area contributed by atoms with Crippen LogP contribution in [0.5, 0.6) is 0 Å². The Bertz CT molecular complexity index is 1090. The fraction of sp³-hybridized carbons (Fsp3) is 0.458. The monoisotopic (exact) mass is 406 g/mol. The van der Waals surface area contributed by atoms with Gasteiger partial charge in [-0.15, -0.1) is 0 Å². The summed E-state index contributed by atoms with van der Waals surface area (Å²) < 4.78 is 5.83. The zero-order chi connectivity index (χ0) is 21.4. The standard InChI is InChI=1S/C24H30N4O2/c1-6-18-9-7-8-14(2)21(18)27-23(29)19-10-12-28(13-11-19)22-20-15(3)16(4)30-24(20)26-17(5)25-22/h7-9,19H,6,10-13H2,1-5H3,(H,27,29). The molecule has 3 heterocycles. The number of nitrogens with one attached hydrogen (secondary N) is 1. The highest BCUT2D eigenvalue weighted by atomic mass is 16.3. The van der Waals surface area contributed by atoms with Crippen molar-refractivity contribution in [3.8, 4) is 0 Å². The van der Waals surface area contributed by atoms with Crippen LogP contribution in [-0.4, -0.2) is 29.0 Å². The number of aryl methyl sites for hydroxylation is 5. The summed E-state index contributed by atoms with van der Waals surface area (Å²) in [5.74, 6) is 2.65. The molecule has 4 rings (SSSR count). The number of piperidine rings is 1. The number of nitrogens with zero attached hydrogens (tertiary/aromatic N) is 3. The number of furan rings is 1. The molecule has 0 unspecified atom stereocenters. The summed E-state index contributed by atoms with van der Waals surface area (Å²) in [7, 11) is 0. The van der Waals surface area contributed by atoms with E-state index in [4.69, 9.17) is 9.40 Å². The number of hydrogen-bond donors (Lipinski definition) is 1. The molecule has 6 nitrogen and oxygen atoms in total. The van der Waals surface area contributed by atoms with Crippen LogP contribution in [0.25, 0.3) is 11.1 Å². The van der Waals surface area contributed by atoms with E-state index in [9.17, 15) is 4.79 Å². The summed E-state index contributed by atoms with van der Waals surface area (Å²) in [4.78, 5) is 24.4. The summed E-state index contributed by atoms with van der Waals surface area (Å²) in [6.45, 7) is 11.7. The average Bonchev–Trinajstić information content (AvgIpc) is 3.02. The Morgan fingerprint density at radius 2 is 1.90 bits per heavy atom. The van der Waals surface area contributed by atoms with Crippen molar-refractivity contribution >= 4 is 28.5 Å². The first-order chi connectivity index (χ1) is 14.4. The maximum Gasteiger partial charge on any atom is 0.231 e. The topological polar surface area (TPSA) is 71.3 Å². The van der Waals surface area contributed by atoms with E-state index in [-0.39, 0.29) is 11.8 Å². The van der Waals surface area contributed by atoms with E-state index in [0.29, 0.717) is 11.5 Å². The molecule has 30 heavy (non-hydrogen) atoms. The third kappa shape index (κ3) is 3.66. The number of anilines is 2. The highest BCUT2D eigenvalue weighted by Crippen LogP contribution is 2.33. The maximum absolute atomic E-state index is 13.0. The third-order valence-corrected chi connectivity index (χ3v) is 6.27. The van der Waals surface area contributed by atoms with Crippen molar-refractivity contribution in [3.63, 3.8) is 0 Å². The molecule has 1 N–H and O–H groups in total. The normalized spacial score (nSPS) is 15.0. The maximum atomic E-state index is 13.0. The SMILES string of the molecule is CCc1cccc(C)c1NC(=O)C1CCN(c2nc(C)nc3oc(C)c(C)c23)CC1. The Morgan fingerprint density at radius 3 is 2.60 bits per heavy atom. The van der Waals surface area contributed by atoms with E-state index in [0.717, 1.165) is 66.1 Å². The van der Waals surface area contributed by atoms with Crippen LogP contribution in [0.4, 0.5) is 11.5 Å². The molecule has 158 valence electrons. The van der Waals surface area contributed by atoms with Crippen molar-refractivity contribution in [2.75, 3.05) is 23.3 Å². The summed E-state index contributed by atoms with van der Waals surface area (Å²) in [6, 6.07) is 6.19. The smallest absolute Gasteiger partial charge is 0.231 e. The molecular weight excluding hydrogens is 376 g/mol. The van der Waals surface area contributed by atoms with Gasteiger partial charge in [-0.3, -0.25) is 4.79 Å². The predicted octanol–water partition coefficient (Wildman–Crippen LogP) is 4.87. The lowest BCUT2D eigenvalue weighted by atomic mass is 9.95. The first kappa shape index (κ1) is 20.4. The van der Waals surface area contributed by atoms with E-state index >= 15 is 0 Å². The van der Waals surface area contributed by atoms with E-state index in [1.807, 2.05) is 19.9 Å². The van der Waals surface area contributed by atoms with Crippen LogP contribution in [-0.2, 0) is 11.2 Å². The minimum Gasteiger partial charge on any atom is -0.443 e. The quantitative estimate of drug-likeness (QED) is 0.669. The van der Waals surface area contributed by atoms with E-state index in [2.05, 4.69) is 48.1 Å². The molecule has 1 fully saturated rings. The van der Waals surface area contributed by atoms with E-state index in [1.165, 1.54) is 5.56 Å². The average molecular weight is 407 g/mol. The van der Waals surface area contributed by atoms with Crippen molar-refractivity contribution in [1.82, 2.24) is 9.97 Å². The van der Waals surface area contributed by atoms with Crippen molar-refractivity contribution in [2.24, 2.45) is 5.92 Å². The van der Waals surface area contributed by atoms with Crippen LogP contribution in [0.1, 0.15) is 48.0 Å². The molecule has 6 heteroatoms. The van der Waals surface area contributed by atoms with Crippen molar-refractivity contribution < 1.29 is 9.21 Å². The lowest BCUT2D eigenvalue weighted by Gasteiger charge is -2.32. The van der Waals surface area contributed by atoms with Gasteiger partial charge in [0.25, 0.3) is 0 Å². The number of aromatic nitrogens is 2. The van der Waals surface area contributed by atoms with Gasteiger partial charge in [0.1, 0.15) is 17.4 Å². The van der Waals surface area contributed by atoms with Gasteiger partial charge < -0.3 is 14.6 Å². The van der Waals surface area contributed by atoms with Crippen LogP contribution in [0.3, 0.4) is 0 Å². The van der Waals surface area contributed by atoms with Crippen LogP contribution in [0, 0.1) is 33.6 Å². The molecule has 0 aliphatic carbocycles. The molecule has 1 aliphatic rings. The molecule has 0 bridgehead atoms. The van der Waals surface area contributed by atoms with Gasteiger partial charge >= 0.3 is 0 Å². The minimum absolute atomic E-state index is 0.0103. The predicted molar refractivity (Wildman–Crippen MR) is 120 cm³/mol. The van der Waals surface area contributed by atoms with Gasteiger partial charge in [0.2, 0.25) is 11.6 Å². The minimum atomic E-state index is 0.0103. The third-order valence-electron chi connectivity index (χ3n) is 6.27. The number of fused-ring (bicyclic) bond motifs is 1. The Kier molecular flexibility index (Phi) is 5.50. The lowest BCUT2D eigenvalue weighted by Crippen LogP contribution is -2.39. The Morgan fingerprint density at radius 1 is 1.17 bits per heavy atom. The second-order valence-corrected chi connectivity index (χ2v) is 8.27. The van der Waals surface area contributed by atoms with Crippen LogP contribution < -0.4 is 10.2 Å². The van der Waals surface area contributed by atoms with Crippen molar-refractivity contribution in [2.45, 2.75) is 53.9 Å². The zero-order valence-electron chi connectivity index (χ0n) is 18.5. The summed E-state index contributed by atoms with van der Waals surface area (Å²) in [5, 5.41) is 4.20. The molecule has 2 aromatic heterocycles. The highest BCUT2D eigenvalue weighted by Gasteiger charge is 2.28. The number of para-hydroxylation sites is 1. The molecule has 1 saturated heterocycles. The fourth-order valence-corrected chi connectivity index (χ4v) is 4.34. The first-order valence-electron chi connectivity index (χ1n) is 10.8. The summed E-state index contributed by atoms with van der Waals surface area (Å²) in [5.41, 5.74) is 5.02. The van der Waals surface area contributed by atoms with Gasteiger partial charge in [0.05, 0.1) is 5.39 Å². The number of hydrogen-bond acceptors (Lipinski definition) is 5. The largest absolute Gasteiger partial charge is 0.443 e. The van der Waals surface area contributed by atoms with Crippen molar-refractivity contribution in [3.05, 3.63) is 46.5 Å². The molecule has 1 amide bonds. The molecule has 3 aromatic rings. The number of carbonyl (C=O) groups excluding carboxylic acids is 1. The zero-order valence-corrected chi connectivity index (χ0v) is 18.5. The summed E-state index contributed by atoms with van der Waals surface area (Å²) in [6.07, 6.45) is 2.52. The highest BCUT2D eigenvalue weighted by molar-refractivity contribution is 5.94. The van der Waals surface area contributed by atoms with Crippen LogP contribution >= 0.6 is 0 Å². The Balaban J connectivity index is 1.50. The van der Waals surface area contributed by atoms with Crippen LogP contribution in [0.2, 0.25) is 0 Å².